The number of amides is 1. The van der Waals surface area contributed by atoms with Gasteiger partial charge in [0.25, 0.3) is 5.91 Å². The summed E-state index contributed by atoms with van der Waals surface area (Å²) < 4.78 is 0. The fourth-order valence-corrected chi connectivity index (χ4v) is 1.65. The number of aromatic nitrogens is 1. The van der Waals surface area contributed by atoms with Crippen LogP contribution in [0.15, 0.2) is 18.3 Å². The zero-order valence-electron chi connectivity index (χ0n) is 8.37. The van der Waals surface area contributed by atoms with Gasteiger partial charge in [0.05, 0.1) is 5.56 Å². The highest BCUT2D eigenvalue weighted by molar-refractivity contribution is 6.32. The molecule has 0 atom stereocenters. The number of carbonyl (C=O) groups is 1. The molecule has 1 aliphatic rings. The van der Waals surface area contributed by atoms with Crippen LogP contribution in [-0.2, 0) is 0 Å². The molecule has 1 saturated carbocycles. The summed E-state index contributed by atoms with van der Waals surface area (Å²) in [5, 5.41) is 3.11. The molecule has 1 heterocycles. The maximum Gasteiger partial charge on any atom is 0.254 e. The summed E-state index contributed by atoms with van der Waals surface area (Å²) in [5.74, 6) is 0.698. The van der Waals surface area contributed by atoms with Crippen LogP contribution in [0, 0.1) is 5.92 Å². The van der Waals surface area contributed by atoms with E-state index in [-0.39, 0.29) is 11.1 Å². The van der Waals surface area contributed by atoms with E-state index in [0.29, 0.717) is 5.56 Å². The SMILES string of the molecule is O=C(NCCC1CC1)c1cccnc1Cl. The van der Waals surface area contributed by atoms with E-state index in [1.165, 1.54) is 12.8 Å². The van der Waals surface area contributed by atoms with Gasteiger partial charge in [0.2, 0.25) is 0 Å². The molecular formula is C11H13ClN2O. The van der Waals surface area contributed by atoms with Gasteiger partial charge in [0.15, 0.2) is 0 Å². The average Bonchev–Trinajstić information content (AvgIpc) is 3.02. The van der Waals surface area contributed by atoms with E-state index in [1.54, 1.807) is 18.3 Å². The van der Waals surface area contributed by atoms with Crippen LogP contribution < -0.4 is 5.32 Å². The van der Waals surface area contributed by atoms with Gasteiger partial charge in [-0.15, -0.1) is 0 Å². The van der Waals surface area contributed by atoms with Crippen molar-refractivity contribution in [2.45, 2.75) is 19.3 Å². The Morgan fingerprint density at radius 3 is 3.07 bits per heavy atom. The third-order valence-corrected chi connectivity index (χ3v) is 2.84. The lowest BCUT2D eigenvalue weighted by molar-refractivity contribution is 0.0952. The molecule has 0 spiro atoms. The maximum absolute atomic E-state index is 11.6. The molecule has 0 saturated heterocycles. The highest BCUT2D eigenvalue weighted by atomic mass is 35.5. The van der Waals surface area contributed by atoms with Crippen LogP contribution in [0.4, 0.5) is 0 Å². The Hall–Kier alpha value is -1.09. The molecule has 2 rings (SSSR count). The highest BCUT2D eigenvalue weighted by Gasteiger charge is 2.20. The normalized spacial score (nSPS) is 15.0. The lowest BCUT2D eigenvalue weighted by Crippen LogP contribution is -2.25. The quantitative estimate of drug-likeness (QED) is 0.798. The summed E-state index contributed by atoms with van der Waals surface area (Å²) in [4.78, 5) is 15.5. The molecule has 4 heteroatoms. The molecule has 3 nitrogen and oxygen atoms in total. The van der Waals surface area contributed by atoms with Crippen LogP contribution >= 0.6 is 11.6 Å². The molecule has 1 aliphatic carbocycles. The molecule has 1 N–H and O–H groups in total. The first kappa shape index (κ1) is 10.4. The third-order valence-electron chi connectivity index (χ3n) is 2.54. The topological polar surface area (TPSA) is 42.0 Å². The summed E-state index contributed by atoms with van der Waals surface area (Å²) in [6.07, 6.45) is 5.26. The van der Waals surface area contributed by atoms with Gasteiger partial charge >= 0.3 is 0 Å². The second-order valence-corrected chi connectivity index (χ2v) is 4.19. The Labute approximate surface area is 93.8 Å². The van der Waals surface area contributed by atoms with Crippen molar-refractivity contribution < 1.29 is 4.79 Å². The Morgan fingerprint density at radius 1 is 1.60 bits per heavy atom. The average molecular weight is 225 g/mol. The van der Waals surface area contributed by atoms with Crippen molar-refractivity contribution in [2.24, 2.45) is 5.92 Å². The maximum atomic E-state index is 11.6. The summed E-state index contributed by atoms with van der Waals surface area (Å²) in [5.41, 5.74) is 0.454. The number of pyridine rings is 1. The summed E-state index contributed by atoms with van der Waals surface area (Å²) >= 11 is 5.80. The van der Waals surface area contributed by atoms with Crippen molar-refractivity contribution in [1.29, 1.82) is 0 Å². The van der Waals surface area contributed by atoms with Crippen molar-refractivity contribution in [2.75, 3.05) is 6.54 Å². The monoisotopic (exact) mass is 224 g/mol. The van der Waals surface area contributed by atoms with Gasteiger partial charge in [-0.2, -0.15) is 0 Å². The number of carbonyl (C=O) groups excluding carboxylic acids is 1. The number of nitrogens with zero attached hydrogens (tertiary/aromatic N) is 1. The molecule has 0 bridgehead atoms. The summed E-state index contributed by atoms with van der Waals surface area (Å²) in [6.45, 7) is 0.731. The molecule has 1 aromatic heterocycles. The van der Waals surface area contributed by atoms with E-state index in [1.807, 2.05) is 0 Å². The van der Waals surface area contributed by atoms with Crippen molar-refractivity contribution >= 4 is 17.5 Å². The minimum atomic E-state index is -0.131. The Balaban J connectivity index is 1.86. The first-order chi connectivity index (χ1) is 7.27. The lowest BCUT2D eigenvalue weighted by Gasteiger charge is -2.04. The van der Waals surface area contributed by atoms with Crippen molar-refractivity contribution in [3.63, 3.8) is 0 Å². The highest BCUT2D eigenvalue weighted by Crippen LogP contribution is 2.31. The molecule has 0 aliphatic heterocycles. The van der Waals surface area contributed by atoms with Crippen molar-refractivity contribution in [3.8, 4) is 0 Å². The number of halogens is 1. The fraction of sp³-hybridized carbons (Fsp3) is 0.455. The molecule has 1 amide bonds. The van der Waals surface area contributed by atoms with Gasteiger partial charge in [-0.3, -0.25) is 4.79 Å². The molecule has 0 radical (unpaired) electrons. The van der Waals surface area contributed by atoms with Crippen LogP contribution in [0.25, 0.3) is 0 Å². The fourth-order valence-electron chi connectivity index (χ4n) is 1.45. The van der Waals surface area contributed by atoms with Gasteiger partial charge in [-0.25, -0.2) is 4.98 Å². The van der Waals surface area contributed by atoms with Gasteiger partial charge < -0.3 is 5.32 Å². The Morgan fingerprint density at radius 2 is 2.40 bits per heavy atom. The first-order valence-electron chi connectivity index (χ1n) is 5.16. The second-order valence-electron chi connectivity index (χ2n) is 3.83. The smallest absolute Gasteiger partial charge is 0.254 e. The molecule has 0 aromatic carbocycles. The Kier molecular flexibility index (Phi) is 3.21. The molecule has 80 valence electrons. The predicted octanol–water partition coefficient (Wildman–Crippen LogP) is 2.26. The van der Waals surface area contributed by atoms with E-state index >= 15 is 0 Å². The van der Waals surface area contributed by atoms with Gasteiger partial charge in [0.1, 0.15) is 5.15 Å². The number of rotatable bonds is 4. The third kappa shape index (κ3) is 2.93. The van der Waals surface area contributed by atoms with Crippen molar-refractivity contribution in [1.82, 2.24) is 10.3 Å². The predicted molar refractivity (Wildman–Crippen MR) is 58.9 cm³/mol. The van der Waals surface area contributed by atoms with Gasteiger partial charge in [0, 0.05) is 12.7 Å². The van der Waals surface area contributed by atoms with E-state index in [2.05, 4.69) is 10.3 Å². The standard InChI is InChI=1S/C11H13ClN2O/c12-10-9(2-1-6-13-10)11(15)14-7-5-8-3-4-8/h1-2,6,8H,3-5,7H2,(H,14,15). The number of hydrogen-bond donors (Lipinski definition) is 1. The minimum absolute atomic E-state index is 0.131. The summed E-state index contributed by atoms with van der Waals surface area (Å²) in [6, 6.07) is 3.39. The van der Waals surface area contributed by atoms with E-state index in [9.17, 15) is 4.79 Å². The van der Waals surface area contributed by atoms with E-state index < -0.39 is 0 Å². The van der Waals surface area contributed by atoms with Gasteiger partial charge in [-0.1, -0.05) is 24.4 Å². The number of hydrogen-bond acceptors (Lipinski definition) is 2. The molecular weight excluding hydrogens is 212 g/mol. The molecule has 0 unspecified atom stereocenters. The van der Waals surface area contributed by atoms with E-state index in [4.69, 9.17) is 11.6 Å². The van der Waals surface area contributed by atoms with E-state index in [0.717, 1.165) is 18.9 Å². The van der Waals surface area contributed by atoms with Crippen LogP contribution in [0.5, 0.6) is 0 Å². The van der Waals surface area contributed by atoms with Gasteiger partial charge in [-0.05, 0) is 24.5 Å². The molecule has 1 aromatic rings. The minimum Gasteiger partial charge on any atom is -0.352 e. The zero-order chi connectivity index (χ0) is 10.7. The lowest BCUT2D eigenvalue weighted by atomic mass is 10.2. The van der Waals surface area contributed by atoms with Crippen LogP contribution in [0.3, 0.4) is 0 Å². The van der Waals surface area contributed by atoms with Crippen LogP contribution in [0.1, 0.15) is 29.6 Å². The van der Waals surface area contributed by atoms with Crippen LogP contribution in [-0.4, -0.2) is 17.4 Å². The second kappa shape index (κ2) is 4.62. The zero-order valence-corrected chi connectivity index (χ0v) is 9.13. The van der Waals surface area contributed by atoms with Crippen molar-refractivity contribution in [3.05, 3.63) is 29.0 Å². The number of nitrogens with one attached hydrogen (secondary N) is 1. The molecule has 15 heavy (non-hydrogen) atoms. The summed E-state index contributed by atoms with van der Waals surface area (Å²) in [7, 11) is 0. The Bertz CT molecular complexity index is 363. The molecule has 1 fully saturated rings. The largest absolute Gasteiger partial charge is 0.352 e. The first-order valence-corrected chi connectivity index (χ1v) is 5.54. The van der Waals surface area contributed by atoms with Crippen LogP contribution in [0.2, 0.25) is 5.15 Å².